The fraction of sp³-hybridized carbons (Fsp3) is 0.524. The van der Waals surface area contributed by atoms with Crippen LogP contribution < -0.4 is 16.0 Å². The van der Waals surface area contributed by atoms with Crippen molar-refractivity contribution in [1.82, 2.24) is 20.5 Å². The maximum Gasteiger partial charge on any atom is 0.233 e. The van der Waals surface area contributed by atoms with Gasteiger partial charge in [0.05, 0.1) is 23.4 Å². The number of carbonyl (C=O) groups is 1. The van der Waals surface area contributed by atoms with Crippen LogP contribution in [0.3, 0.4) is 0 Å². The number of nitrogens with one attached hydrogen (secondary N) is 3. The molecule has 1 heterocycles. The molecule has 0 spiro atoms. The molecule has 0 bridgehead atoms. The molecule has 6 heteroatoms. The minimum Gasteiger partial charge on any atom is -0.386 e. The van der Waals surface area contributed by atoms with Crippen LogP contribution >= 0.6 is 0 Å². The standard InChI is InChI=1S/C21H33N5O/c1-4-13-26(5-2)14-7-12-24-20(27)16-23-15-18-11-10-17-8-6-9-19(22-3)21(17)25-18/h6,8-11,22-23H,4-5,7,12-16H2,1-3H3,(H,24,27). The van der Waals surface area contributed by atoms with E-state index in [1.165, 1.54) is 6.42 Å². The van der Waals surface area contributed by atoms with E-state index >= 15 is 0 Å². The molecule has 1 aromatic carbocycles. The highest BCUT2D eigenvalue weighted by molar-refractivity contribution is 5.90. The molecule has 0 aliphatic carbocycles. The third-order valence-corrected chi connectivity index (χ3v) is 4.60. The third-order valence-electron chi connectivity index (χ3n) is 4.60. The van der Waals surface area contributed by atoms with E-state index in [2.05, 4.69) is 40.8 Å². The molecule has 0 radical (unpaired) electrons. The fourth-order valence-electron chi connectivity index (χ4n) is 3.13. The highest BCUT2D eigenvalue weighted by Gasteiger charge is 2.05. The topological polar surface area (TPSA) is 69.3 Å². The van der Waals surface area contributed by atoms with Gasteiger partial charge in [-0.3, -0.25) is 4.79 Å². The van der Waals surface area contributed by atoms with Gasteiger partial charge >= 0.3 is 0 Å². The Morgan fingerprint density at radius 2 is 2.00 bits per heavy atom. The second-order valence-electron chi connectivity index (χ2n) is 6.67. The Kier molecular flexibility index (Phi) is 9.01. The minimum absolute atomic E-state index is 0.0326. The summed E-state index contributed by atoms with van der Waals surface area (Å²) < 4.78 is 0. The number of anilines is 1. The van der Waals surface area contributed by atoms with Gasteiger partial charge in [0.1, 0.15) is 0 Å². The molecule has 1 aromatic heterocycles. The summed E-state index contributed by atoms with van der Waals surface area (Å²) in [6.07, 6.45) is 2.15. The highest BCUT2D eigenvalue weighted by Crippen LogP contribution is 2.21. The second-order valence-corrected chi connectivity index (χ2v) is 6.67. The first-order valence-electron chi connectivity index (χ1n) is 9.94. The summed E-state index contributed by atoms with van der Waals surface area (Å²) in [6.45, 7) is 9.20. The van der Waals surface area contributed by atoms with Gasteiger partial charge in [0, 0.05) is 25.5 Å². The molecule has 0 aliphatic rings. The Morgan fingerprint density at radius 3 is 2.74 bits per heavy atom. The average molecular weight is 372 g/mol. The Balaban J connectivity index is 1.71. The van der Waals surface area contributed by atoms with E-state index in [1.807, 2.05) is 31.3 Å². The summed E-state index contributed by atoms with van der Waals surface area (Å²) in [5.74, 6) is 0.0326. The van der Waals surface area contributed by atoms with Gasteiger partial charge in [-0.25, -0.2) is 4.98 Å². The number of aromatic nitrogens is 1. The van der Waals surface area contributed by atoms with E-state index in [0.717, 1.165) is 54.9 Å². The molecule has 0 saturated heterocycles. The monoisotopic (exact) mass is 371 g/mol. The van der Waals surface area contributed by atoms with E-state index < -0.39 is 0 Å². The van der Waals surface area contributed by atoms with Gasteiger partial charge in [-0.2, -0.15) is 0 Å². The van der Waals surface area contributed by atoms with Crippen molar-refractivity contribution < 1.29 is 4.79 Å². The Labute approximate surface area is 162 Å². The van der Waals surface area contributed by atoms with Crippen molar-refractivity contribution in [3.8, 4) is 0 Å². The van der Waals surface area contributed by atoms with Crippen LogP contribution in [0.15, 0.2) is 30.3 Å². The number of rotatable bonds is 12. The number of hydrogen-bond acceptors (Lipinski definition) is 5. The Morgan fingerprint density at radius 1 is 1.15 bits per heavy atom. The van der Waals surface area contributed by atoms with Gasteiger partial charge in [-0.1, -0.05) is 32.0 Å². The molecular formula is C21H33N5O. The van der Waals surface area contributed by atoms with E-state index in [0.29, 0.717) is 13.1 Å². The molecule has 2 rings (SSSR count). The SMILES string of the molecule is CCCN(CC)CCCNC(=O)CNCc1ccc2cccc(NC)c2n1. The lowest BCUT2D eigenvalue weighted by Gasteiger charge is -2.19. The number of pyridine rings is 1. The molecule has 0 aliphatic heterocycles. The summed E-state index contributed by atoms with van der Waals surface area (Å²) in [6, 6.07) is 10.1. The van der Waals surface area contributed by atoms with Gasteiger partial charge in [-0.15, -0.1) is 0 Å². The lowest BCUT2D eigenvalue weighted by Crippen LogP contribution is -2.35. The van der Waals surface area contributed by atoms with Crippen LogP contribution in [0.2, 0.25) is 0 Å². The van der Waals surface area contributed by atoms with Crippen LogP contribution in [0.1, 0.15) is 32.4 Å². The molecule has 0 fully saturated rings. The van der Waals surface area contributed by atoms with Crippen LogP contribution in [0.5, 0.6) is 0 Å². The van der Waals surface area contributed by atoms with Gasteiger partial charge in [0.25, 0.3) is 0 Å². The van der Waals surface area contributed by atoms with Crippen molar-refractivity contribution in [1.29, 1.82) is 0 Å². The molecule has 6 nitrogen and oxygen atoms in total. The summed E-state index contributed by atoms with van der Waals surface area (Å²) in [5, 5.41) is 10.4. The summed E-state index contributed by atoms with van der Waals surface area (Å²) in [5.41, 5.74) is 2.89. The molecule has 0 atom stereocenters. The first-order chi connectivity index (χ1) is 13.2. The smallest absolute Gasteiger partial charge is 0.233 e. The summed E-state index contributed by atoms with van der Waals surface area (Å²) in [7, 11) is 1.90. The molecule has 0 saturated carbocycles. The van der Waals surface area contributed by atoms with E-state index in [1.54, 1.807) is 0 Å². The largest absolute Gasteiger partial charge is 0.386 e. The average Bonchev–Trinajstić information content (AvgIpc) is 2.69. The van der Waals surface area contributed by atoms with Crippen LogP contribution in [0.4, 0.5) is 5.69 Å². The van der Waals surface area contributed by atoms with Crippen molar-refractivity contribution in [2.24, 2.45) is 0 Å². The third kappa shape index (κ3) is 6.81. The van der Waals surface area contributed by atoms with E-state index in [4.69, 9.17) is 4.98 Å². The molecule has 148 valence electrons. The predicted octanol–water partition coefficient (Wildman–Crippen LogP) is 2.60. The number of amides is 1. The fourth-order valence-corrected chi connectivity index (χ4v) is 3.13. The predicted molar refractivity (Wildman–Crippen MR) is 113 cm³/mol. The minimum atomic E-state index is 0.0326. The van der Waals surface area contributed by atoms with E-state index in [9.17, 15) is 4.79 Å². The number of carbonyl (C=O) groups excluding carboxylic acids is 1. The second kappa shape index (κ2) is 11.5. The molecule has 3 N–H and O–H groups in total. The van der Waals surface area contributed by atoms with Gasteiger partial charge in [0.2, 0.25) is 5.91 Å². The van der Waals surface area contributed by atoms with Crippen LogP contribution in [-0.2, 0) is 11.3 Å². The Hall–Kier alpha value is -2.18. The number of para-hydroxylation sites is 1. The van der Waals surface area contributed by atoms with Crippen molar-refractivity contribution in [3.63, 3.8) is 0 Å². The zero-order valence-corrected chi connectivity index (χ0v) is 16.8. The van der Waals surface area contributed by atoms with Crippen LogP contribution in [0.25, 0.3) is 10.9 Å². The van der Waals surface area contributed by atoms with Crippen molar-refractivity contribution in [2.45, 2.75) is 33.2 Å². The Bertz CT molecular complexity index is 719. The van der Waals surface area contributed by atoms with Crippen molar-refractivity contribution >= 4 is 22.5 Å². The molecule has 0 unspecified atom stereocenters. The zero-order chi connectivity index (χ0) is 19.5. The first kappa shape index (κ1) is 21.1. The molecule has 27 heavy (non-hydrogen) atoms. The van der Waals surface area contributed by atoms with Crippen LogP contribution in [0, 0.1) is 0 Å². The quantitative estimate of drug-likeness (QED) is 0.501. The zero-order valence-electron chi connectivity index (χ0n) is 16.8. The number of nitrogens with zero attached hydrogens (tertiary/aromatic N) is 2. The maximum absolute atomic E-state index is 12.0. The summed E-state index contributed by atoms with van der Waals surface area (Å²) >= 11 is 0. The van der Waals surface area contributed by atoms with Crippen LogP contribution in [-0.4, -0.2) is 55.6 Å². The molecule has 1 amide bonds. The number of fused-ring (bicyclic) bond motifs is 1. The first-order valence-corrected chi connectivity index (χ1v) is 9.94. The van der Waals surface area contributed by atoms with Gasteiger partial charge < -0.3 is 20.9 Å². The van der Waals surface area contributed by atoms with Gasteiger partial charge in [0.15, 0.2) is 0 Å². The number of hydrogen-bond donors (Lipinski definition) is 3. The summed E-state index contributed by atoms with van der Waals surface area (Å²) in [4.78, 5) is 19.1. The lowest BCUT2D eigenvalue weighted by atomic mass is 10.1. The lowest BCUT2D eigenvalue weighted by molar-refractivity contribution is -0.120. The molecular weight excluding hydrogens is 338 g/mol. The van der Waals surface area contributed by atoms with Crippen molar-refractivity contribution in [3.05, 3.63) is 36.0 Å². The van der Waals surface area contributed by atoms with E-state index in [-0.39, 0.29) is 5.91 Å². The number of benzene rings is 1. The van der Waals surface area contributed by atoms with Crippen molar-refractivity contribution in [2.75, 3.05) is 45.1 Å². The highest BCUT2D eigenvalue weighted by atomic mass is 16.1. The normalized spacial score (nSPS) is 11.1. The molecule has 2 aromatic rings. The van der Waals surface area contributed by atoms with Gasteiger partial charge in [-0.05, 0) is 44.6 Å². The maximum atomic E-state index is 12.0.